The molecule has 1 N–H and O–H groups in total. The molecular formula is C13H18ClNO3. The van der Waals surface area contributed by atoms with Crippen molar-refractivity contribution in [1.29, 1.82) is 0 Å². The average Bonchev–Trinajstić information content (AvgIpc) is 2.35. The molecule has 1 amide bonds. The first-order valence-electron chi connectivity index (χ1n) is 5.75. The molecule has 4 nitrogen and oxygen atoms in total. The molecule has 0 aliphatic carbocycles. The van der Waals surface area contributed by atoms with Gasteiger partial charge in [-0.25, -0.2) is 0 Å². The molecule has 0 spiro atoms. The summed E-state index contributed by atoms with van der Waals surface area (Å²) in [6.07, 6.45) is 0. The highest BCUT2D eigenvalue weighted by molar-refractivity contribution is 6.30. The van der Waals surface area contributed by atoms with Crippen LogP contribution in [0.4, 0.5) is 0 Å². The molecule has 0 saturated carbocycles. The summed E-state index contributed by atoms with van der Waals surface area (Å²) in [6, 6.07) is 7.31. The SMILES string of the molecule is COCCOCC(=O)NC(C)c1ccc(Cl)cc1. The van der Waals surface area contributed by atoms with Gasteiger partial charge in [0.05, 0.1) is 19.3 Å². The van der Waals surface area contributed by atoms with Crippen molar-refractivity contribution in [3.05, 3.63) is 34.9 Å². The summed E-state index contributed by atoms with van der Waals surface area (Å²) in [7, 11) is 1.59. The maximum Gasteiger partial charge on any atom is 0.246 e. The Bertz CT molecular complexity index is 367. The van der Waals surface area contributed by atoms with E-state index >= 15 is 0 Å². The van der Waals surface area contributed by atoms with Crippen LogP contribution in [0.3, 0.4) is 0 Å². The van der Waals surface area contributed by atoms with Crippen LogP contribution in [0.1, 0.15) is 18.5 Å². The van der Waals surface area contributed by atoms with E-state index < -0.39 is 0 Å². The lowest BCUT2D eigenvalue weighted by molar-refractivity contribution is -0.126. The van der Waals surface area contributed by atoms with Crippen molar-refractivity contribution in [1.82, 2.24) is 5.32 Å². The molecule has 100 valence electrons. The third-order valence-corrected chi connectivity index (χ3v) is 2.66. The van der Waals surface area contributed by atoms with Gasteiger partial charge in [0.15, 0.2) is 0 Å². The number of carbonyl (C=O) groups excluding carboxylic acids is 1. The Kier molecular flexibility index (Phi) is 6.72. The van der Waals surface area contributed by atoms with Gasteiger partial charge < -0.3 is 14.8 Å². The number of carbonyl (C=O) groups is 1. The van der Waals surface area contributed by atoms with Crippen LogP contribution in [0.15, 0.2) is 24.3 Å². The van der Waals surface area contributed by atoms with Crippen LogP contribution in [0.25, 0.3) is 0 Å². The van der Waals surface area contributed by atoms with E-state index in [-0.39, 0.29) is 18.6 Å². The predicted molar refractivity (Wildman–Crippen MR) is 70.7 cm³/mol. The van der Waals surface area contributed by atoms with Crippen molar-refractivity contribution in [2.24, 2.45) is 0 Å². The van der Waals surface area contributed by atoms with Crippen LogP contribution >= 0.6 is 11.6 Å². The molecule has 0 heterocycles. The lowest BCUT2D eigenvalue weighted by Crippen LogP contribution is -2.30. The van der Waals surface area contributed by atoms with Gasteiger partial charge in [0.1, 0.15) is 6.61 Å². The van der Waals surface area contributed by atoms with Gasteiger partial charge in [-0.2, -0.15) is 0 Å². The molecule has 0 aromatic heterocycles. The maximum absolute atomic E-state index is 11.6. The zero-order chi connectivity index (χ0) is 13.4. The van der Waals surface area contributed by atoms with Crippen LogP contribution in [0.5, 0.6) is 0 Å². The summed E-state index contributed by atoms with van der Waals surface area (Å²) in [6.45, 7) is 2.86. The van der Waals surface area contributed by atoms with Crippen LogP contribution < -0.4 is 5.32 Å². The Morgan fingerprint density at radius 1 is 1.33 bits per heavy atom. The first-order chi connectivity index (χ1) is 8.63. The van der Waals surface area contributed by atoms with Gasteiger partial charge in [-0.3, -0.25) is 4.79 Å². The molecule has 0 aliphatic rings. The highest BCUT2D eigenvalue weighted by Crippen LogP contribution is 2.15. The second kappa shape index (κ2) is 8.08. The number of nitrogens with one attached hydrogen (secondary N) is 1. The van der Waals surface area contributed by atoms with Crippen LogP contribution in [0, 0.1) is 0 Å². The minimum absolute atomic E-state index is 0.0429. The van der Waals surface area contributed by atoms with Gasteiger partial charge >= 0.3 is 0 Å². The van der Waals surface area contributed by atoms with Gasteiger partial charge in [-0.15, -0.1) is 0 Å². The molecular weight excluding hydrogens is 254 g/mol. The normalized spacial score (nSPS) is 12.2. The van der Waals surface area contributed by atoms with Gasteiger partial charge in [0, 0.05) is 12.1 Å². The molecule has 5 heteroatoms. The fraction of sp³-hybridized carbons (Fsp3) is 0.462. The predicted octanol–water partition coefficient (Wildman–Crippen LogP) is 2.18. The van der Waals surface area contributed by atoms with E-state index in [2.05, 4.69) is 5.32 Å². The molecule has 1 rings (SSSR count). The fourth-order valence-electron chi connectivity index (χ4n) is 1.43. The second-order valence-electron chi connectivity index (χ2n) is 3.89. The number of methoxy groups -OCH3 is 1. The highest BCUT2D eigenvalue weighted by Gasteiger charge is 2.09. The topological polar surface area (TPSA) is 47.6 Å². The van der Waals surface area contributed by atoms with Crippen LogP contribution in [-0.4, -0.2) is 32.8 Å². The van der Waals surface area contributed by atoms with Crippen molar-refractivity contribution < 1.29 is 14.3 Å². The zero-order valence-corrected chi connectivity index (χ0v) is 11.4. The van der Waals surface area contributed by atoms with E-state index in [1.165, 1.54) is 0 Å². The summed E-state index contributed by atoms with van der Waals surface area (Å²) in [5.74, 6) is -0.145. The summed E-state index contributed by atoms with van der Waals surface area (Å²) in [5.41, 5.74) is 1.00. The minimum atomic E-state index is -0.145. The highest BCUT2D eigenvalue weighted by atomic mass is 35.5. The lowest BCUT2D eigenvalue weighted by atomic mass is 10.1. The number of amides is 1. The van der Waals surface area contributed by atoms with Crippen molar-refractivity contribution in [2.75, 3.05) is 26.9 Å². The Balaban J connectivity index is 2.33. The first kappa shape index (κ1) is 15.0. The molecule has 1 atom stereocenters. The third-order valence-electron chi connectivity index (χ3n) is 2.41. The van der Waals surface area contributed by atoms with Gasteiger partial charge in [-0.05, 0) is 24.6 Å². The lowest BCUT2D eigenvalue weighted by Gasteiger charge is -2.14. The van der Waals surface area contributed by atoms with E-state index in [0.717, 1.165) is 5.56 Å². The number of ether oxygens (including phenoxy) is 2. The van der Waals surface area contributed by atoms with E-state index in [1.54, 1.807) is 19.2 Å². The Hall–Kier alpha value is -1.10. The maximum atomic E-state index is 11.6. The summed E-state index contributed by atoms with van der Waals surface area (Å²) < 4.78 is 9.95. The summed E-state index contributed by atoms with van der Waals surface area (Å²) in [5, 5.41) is 3.53. The zero-order valence-electron chi connectivity index (χ0n) is 10.6. The Morgan fingerprint density at radius 3 is 2.61 bits per heavy atom. The smallest absolute Gasteiger partial charge is 0.246 e. The largest absolute Gasteiger partial charge is 0.382 e. The second-order valence-corrected chi connectivity index (χ2v) is 4.32. The first-order valence-corrected chi connectivity index (χ1v) is 6.12. The number of halogens is 1. The number of hydrogen-bond donors (Lipinski definition) is 1. The Morgan fingerprint density at radius 2 is 2.00 bits per heavy atom. The van der Waals surface area contributed by atoms with Crippen molar-refractivity contribution in [3.8, 4) is 0 Å². The van der Waals surface area contributed by atoms with E-state index in [0.29, 0.717) is 18.2 Å². The van der Waals surface area contributed by atoms with Crippen LogP contribution in [-0.2, 0) is 14.3 Å². The molecule has 1 unspecified atom stereocenters. The molecule has 0 aliphatic heterocycles. The third kappa shape index (κ3) is 5.49. The van der Waals surface area contributed by atoms with Crippen molar-refractivity contribution >= 4 is 17.5 Å². The van der Waals surface area contributed by atoms with Gasteiger partial charge in [0.25, 0.3) is 0 Å². The molecule has 18 heavy (non-hydrogen) atoms. The van der Waals surface area contributed by atoms with Gasteiger partial charge in [0.2, 0.25) is 5.91 Å². The summed E-state index contributed by atoms with van der Waals surface area (Å²) in [4.78, 5) is 11.6. The van der Waals surface area contributed by atoms with Gasteiger partial charge in [-0.1, -0.05) is 23.7 Å². The quantitative estimate of drug-likeness (QED) is 0.774. The number of benzene rings is 1. The standard InChI is InChI=1S/C13H18ClNO3/c1-10(11-3-5-12(14)6-4-11)15-13(16)9-18-8-7-17-2/h3-6,10H,7-9H2,1-2H3,(H,15,16). The summed E-state index contributed by atoms with van der Waals surface area (Å²) >= 11 is 5.80. The molecule has 1 aromatic carbocycles. The molecule has 0 fully saturated rings. The molecule has 1 aromatic rings. The monoisotopic (exact) mass is 271 g/mol. The average molecular weight is 272 g/mol. The van der Waals surface area contributed by atoms with E-state index in [1.807, 2.05) is 19.1 Å². The van der Waals surface area contributed by atoms with Crippen molar-refractivity contribution in [3.63, 3.8) is 0 Å². The van der Waals surface area contributed by atoms with Crippen molar-refractivity contribution in [2.45, 2.75) is 13.0 Å². The van der Waals surface area contributed by atoms with Crippen LogP contribution in [0.2, 0.25) is 5.02 Å². The molecule has 0 bridgehead atoms. The Labute approximate surface area is 112 Å². The molecule has 0 radical (unpaired) electrons. The van der Waals surface area contributed by atoms with E-state index in [9.17, 15) is 4.79 Å². The molecule has 0 saturated heterocycles. The number of rotatable bonds is 7. The number of hydrogen-bond acceptors (Lipinski definition) is 3. The fourth-order valence-corrected chi connectivity index (χ4v) is 1.55. The van der Waals surface area contributed by atoms with E-state index in [4.69, 9.17) is 21.1 Å². The minimum Gasteiger partial charge on any atom is -0.382 e.